The maximum atomic E-state index is 5.34. The van der Waals surface area contributed by atoms with Gasteiger partial charge in [-0.15, -0.1) is 10.2 Å². The zero-order valence-corrected chi connectivity index (χ0v) is 11.3. The van der Waals surface area contributed by atoms with Crippen molar-refractivity contribution in [3.8, 4) is 28.4 Å². The van der Waals surface area contributed by atoms with Gasteiger partial charge in [-0.05, 0) is 30.3 Å². The van der Waals surface area contributed by atoms with Crippen LogP contribution >= 0.6 is 0 Å². The third-order valence-corrected chi connectivity index (χ3v) is 3.13. The van der Waals surface area contributed by atoms with Gasteiger partial charge in [-0.3, -0.25) is 4.68 Å². The first kappa shape index (κ1) is 12.3. The second kappa shape index (κ2) is 5.13. The van der Waals surface area contributed by atoms with Crippen molar-refractivity contribution in [2.24, 2.45) is 7.05 Å². The van der Waals surface area contributed by atoms with E-state index >= 15 is 0 Å². The molecule has 2 aromatic heterocycles. The molecule has 20 heavy (non-hydrogen) atoms. The SMILES string of the molecule is COc1ccccc1-c1ccc(-c2ccnn2C)nn1. The van der Waals surface area contributed by atoms with Crippen LogP contribution in [0.25, 0.3) is 22.6 Å². The number of aromatic nitrogens is 4. The first-order valence-electron chi connectivity index (χ1n) is 6.25. The van der Waals surface area contributed by atoms with Crippen molar-refractivity contribution in [1.29, 1.82) is 0 Å². The molecule has 0 aliphatic heterocycles. The van der Waals surface area contributed by atoms with E-state index in [9.17, 15) is 0 Å². The molecule has 0 N–H and O–H groups in total. The molecule has 0 radical (unpaired) electrons. The van der Waals surface area contributed by atoms with Crippen molar-refractivity contribution >= 4 is 0 Å². The Morgan fingerprint density at radius 3 is 2.35 bits per heavy atom. The van der Waals surface area contributed by atoms with Crippen LogP contribution < -0.4 is 4.74 Å². The average Bonchev–Trinajstić information content (AvgIpc) is 2.93. The van der Waals surface area contributed by atoms with Crippen LogP contribution in [0.2, 0.25) is 0 Å². The lowest BCUT2D eigenvalue weighted by Gasteiger charge is -2.07. The minimum Gasteiger partial charge on any atom is -0.496 e. The number of nitrogens with zero attached hydrogens (tertiary/aromatic N) is 4. The van der Waals surface area contributed by atoms with E-state index in [2.05, 4.69) is 15.3 Å². The minimum atomic E-state index is 0.786. The highest BCUT2D eigenvalue weighted by Crippen LogP contribution is 2.28. The quantitative estimate of drug-likeness (QED) is 0.731. The van der Waals surface area contributed by atoms with Gasteiger partial charge in [0.25, 0.3) is 0 Å². The van der Waals surface area contributed by atoms with Gasteiger partial charge in [0.2, 0.25) is 0 Å². The summed E-state index contributed by atoms with van der Waals surface area (Å²) in [6.45, 7) is 0. The molecule has 100 valence electrons. The third kappa shape index (κ3) is 2.14. The summed E-state index contributed by atoms with van der Waals surface area (Å²) in [5, 5.41) is 12.7. The summed E-state index contributed by atoms with van der Waals surface area (Å²) in [7, 11) is 3.53. The first-order chi connectivity index (χ1) is 9.79. The van der Waals surface area contributed by atoms with Crippen LogP contribution in [0.4, 0.5) is 0 Å². The topological polar surface area (TPSA) is 52.8 Å². The van der Waals surface area contributed by atoms with E-state index in [4.69, 9.17) is 4.74 Å². The fourth-order valence-electron chi connectivity index (χ4n) is 2.09. The van der Waals surface area contributed by atoms with E-state index in [1.807, 2.05) is 49.5 Å². The Kier molecular flexibility index (Phi) is 3.16. The molecule has 5 nitrogen and oxygen atoms in total. The molecule has 1 aromatic carbocycles. The van der Waals surface area contributed by atoms with Crippen LogP contribution in [0.5, 0.6) is 5.75 Å². The summed E-state index contributed by atoms with van der Waals surface area (Å²) in [5.41, 5.74) is 3.44. The van der Waals surface area contributed by atoms with Gasteiger partial charge < -0.3 is 4.74 Å². The summed E-state index contributed by atoms with van der Waals surface area (Å²) in [6.07, 6.45) is 1.74. The molecule has 0 amide bonds. The standard InChI is InChI=1S/C15H14N4O/c1-19-14(9-10-16-19)13-8-7-12(17-18-13)11-5-3-4-6-15(11)20-2/h3-10H,1-2H3. The lowest BCUT2D eigenvalue weighted by atomic mass is 10.1. The van der Waals surface area contributed by atoms with Crippen LogP contribution in [-0.2, 0) is 7.05 Å². The Balaban J connectivity index is 2.00. The Bertz CT molecular complexity index is 719. The molecule has 0 aliphatic carbocycles. The monoisotopic (exact) mass is 266 g/mol. The normalized spacial score (nSPS) is 10.5. The predicted octanol–water partition coefficient (Wildman–Crippen LogP) is 2.55. The zero-order chi connectivity index (χ0) is 13.9. The Morgan fingerprint density at radius 1 is 0.950 bits per heavy atom. The fourth-order valence-corrected chi connectivity index (χ4v) is 2.09. The second-order valence-corrected chi connectivity index (χ2v) is 4.34. The van der Waals surface area contributed by atoms with Gasteiger partial charge in [-0.1, -0.05) is 12.1 Å². The van der Waals surface area contributed by atoms with Gasteiger partial charge >= 0.3 is 0 Å². The van der Waals surface area contributed by atoms with Gasteiger partial charge in [0.1, 0.15) is 11.4 Å². The van der Waals surface area contributed by atoms with Crippen molar-refractivity contribution in [2.75, 3.05) is 7.11 Å². The first-order valence-corrected chi connectivity index (χ1v) is 6.25. The molecule has 0 aliphatic rings. The minimum absolute atomic E-state index is 0.786. The van der Waals surface area contributed by atoms with Crippen molar-refractivity contribution < 1.29 is 4.74 Å². The maximum Gasteiger partial charge on any atom is 0.128 e. The maximum absolute atomic E-state index is 5.34. The van der Waals surface area contributed by atoms with Gasteiger partial charge in [-0.2, -0.15) is 5.10 Å². The van der Waals surface area contributed by atoms with E-state index in [1.54, 1.807) is 18.0 Å². The molecule has 0 spiro atoms. The van der Waals surface area contributed by atoms with E-state index in [0.717, 1.165) is 28.4 Å². The summed E-state index contributed by atoms with van der Waals surface area (Å²) in [6, 6.07) is 13.5. The molecule has 0 saturated heterocycles. The van der Waals surface area contributed by atoms with E-state index in [-0.39, 0.29) is 0 Å². The zero-order valence-electron chi connectivity index (χ0n) is 11.3. The number of rotatable bonds is 3. The van der Waals surface area contributed by atoms with Gasteiger partial charge in [0, 0.05) is 18.8 Å². The Morgan fingerprint density at radius 2 is 1.70 bits per heavy atom. The lowest BCUT2D eigenvalue weighted by molar-refractivity contribution is 0.416. The molecule has 0 bridgehead atoms. The van der Waals surface area contributed by atoms with Crippen molar-refractivity contribution in [3.63, 3.8) is 0 Å². The number of aryl methyl sites for hydroxylation is 1. The molecule has 3 rings (SSSR count). The molecule has 0 unspecified atom stereocenters. The van der Waals surface area contributed by atoms with E-state index in [0.29, 0.717) is 0 Å². The average molecular weight is 266 g/mol. The summed E-state index contributed by atoms with van der Waals surface area (Å²) in [5.74, 6) is 0.787. The Hall–Kier alpha value is -2.69. The molecular weight excluding hydrogens is 252 g/mol. The number of hydrogen-bond donors (Lipinski definition) is 0. The third-order valence-electron chi connectivity index (χ3n) is 3.13. The van der Waals surface area contributed by atoms with Crippen LogP contribution in [0, 0.1) is 0 Å². The highest BCUT2D eigenvalue weighted by molar-refractivity contribution is 5.68. The number of para-hydroxylation sites is 1. The molecule has 5 heteroatoms. The van der Waals surface area contributed by atoms with Crippen LogP contribution in [-0.4, -0.2) is 27.1 Å². The lowest BCUT2D eigenvalue weighted by Crippen LogP contribution is -1.97. The molecular formula is C15H14N4O. The number of ether oxygens (including phenoxy) is 1. The van der Waals surface area contributed by atoms with E-state index < -0.39 is 0 Å². The van der Waals surface area contributed by atoms with Crippen LogP contribution in [0.1, 0.15) is 0 Å². The summed E-state index contributed by atoms with van der Waals surface area (Å²) in [4.78, 5) is 0. The largest absolute Gasteiger partial charge is 0.496 e. The highest BCUT2D eigenvalue weighted by atomic mass is 16.5. The highest BCUT2D eigenvalue weighted by Gasteiger charge is 2.09. The number of methoxy groups -OCH3 is 1. The second-order valence-electron chi connectivity index (χ2n) is 4.34. The molecule has 2 heterocycles. The molecule has 3 aromatic rings. The van der Waals surface area contributed by atoms with E-state index in [1.165, 1.54) is 0 Å². The number of hydrogen-bond acceptors (Lipinski definition) is 4. The summed E-state index contributed by atoms with van der Waals surface area (Å²) < 4.78 is 7.11. The van der Waals surface area contributed by atoms with Crippen LogP contribution in [0.15, 0.2) is 48.7 Å². The predicted molar refractivity (Wildman–Crippen MR) is 76.2 cm³/mol. The van der Waals surface area contributed by atoms with Gasteiger partial charge in [0.15, 0.2) is 0 Å². The van der Waals surface area contributed by atoms with Crippen molar-refractivity contribution in [3.05, 3.63) is 48.7 Å². The fraction of sp³-hybridized carbons (Fsp3) is 0.133. The van der Waals surface area contributed by atoms with Crippen molar-refractivity contribution in [2.45, 2.75) is 0 Å². The van der Waals surface area contributed by atoms with Crippen LogP contribution in [0.3, 0.4) is 0 Å². The number of benzene rings is 1. The smallest absolute Gasteiger partial charge is 0.128 e. The molecule has 0 fully saturated rings. The van der Waals surface area contributed by atoms with Crippen molar-refractivity contribution in [1.82, 2.24) is 20.0 Å². The Labute approximate surface area is 116 Å². The molecule has 0 atom stereocenters. The van der Waals surface area contributed by atoms with Gasteiger partial charge in [0.05, 0.1) is 18.5 Å². The van der Waals surface area contributed by atoms with Gasteiger partial charge in [-0.25, -0.2) is 0 Å². The molecule has 0 saturated carbocycles. The summed E-state index contributed by atoms with van der Waals surface area (Å²) >= 11 is 0.